The highest BCUT2D eigenvalue weighted by Gasteiger charge is 2.55. The van der Waals surface area contributed by atoms with Crippen molar-refractivity contribution >= 4 is 22.0 Å². The van der Waals surface area contributed by atoms with Crippen molar-refractivity contribution in [3.63, 3.8) is 0 Å². The number of nitrogens with zero attached hydrogens (tertiary/aromatic N) is 1. The van der Waals surface area contributed by atoms with E-state index in [2.05, 4.69) is 5.32 Å². The van der Waals surface area contributed by atoms with Gasteiger partial charge in [-0.1, -0.05) is 18.6 Å². The van der Waals surface area contributed by atoms with Crippen LogP contribution in [0.3, 0.4) is 0 Å². The van der Waals surface area contributed by atoms with Crippen molar-refractivity contribution in [2.45, 2.75) is 37.6 Å². The Morgan fingerprint density at radius 2 is 2.15 bits per heavy atom. The monoisotopic (exact) mass is 381 g/mol. The van der Waals surface area contributed by atoms with Gasteiger partial charge in [-0.2, -0.15) is 0 Å². The van der Waals surface area contributed by atoms with Gasteiger partial charge < -0.3 is 15.3 Å². The van der Waals surface area contributed by atoms with E-state index in [9.17, 15) is 23.1 Å². The fourth-order valence-corrected chi connectivity index (χ4v) is 4.99. The van der Waals surface area contributed by atoms with Crippen molar-refractivity contribution in [2.24, 2.45) is 16.5 Å². The van der Waals surface area contributed by atoms with E-state index in [0.29, 0.717) is 18.5 Å². The number of amides is 2. The Kier molecular flexibility index (Phi) is 4.70. The molecule has 1 aromatic carbocycles. The molecule has 3 rings (SSSR count). The van der Waals surface area contributed by atoms with Crippen molar-refractivity contribution < 1.29 is 23.1 Å². The fourth-order valence-electron chi connectivity index (χ4n) is 4.22. The molecular formula is C17H23N3O5S. The second-order valence-electron chi connectivity index (χ2n) is 7.23. The summed E-state index contributed by atoms with van der Waals surface area (Å²) < 4.78 is 22.9. The minimum absolute atomic E-state index is 0.0158. The Bertz CT molecular complexity index is 854. The summed E-state index contributed by atoms with van der Waals surface area (Å²) >= 11 is 0. The zero-order valence-corrected chi connectivity index (χ0v) is 15.4. The molecule has 0 radical (unpaired) electrons. The van der Waals surface area contributed by atoms with Crippen molar-refractivity contribution in [3.05, 3.63) is 29.3 Å². The number of carbonyl (C=O) groups is 2. The van der Waals surface area contributed by atoms with Crippen LogP contribution in [0.5, 0.6) is 0 Å². The summed E-state index contributed by atoms with van der Waals surface area (Å²) in [7, 11) is -3.77. The van der Waals surface area contributed by atoms with Crippen molar-refractivity contribution in [2.75, 3.05) is 13.1 Å². The molecule has 1 aliphatic carbocycles. The van der Waals surface area contributed by atoms with E-state index >= 15 is 0 Å². The number of sulfonamides is 1. The molecule has 142 valence electrons. The van der Waals surface area contributed by atoms with Gasteiger partial charge in [0.15, 0.2) is 0 Å². The van der Waals surface area contributed by atoms with Crippen LogP contribution in [0.2, 0.25) is 0 Å². The second-order valence-corrected chi connectivity index (χ2v) is 8.76. The Balaban J connectivity index is 1.63. The highest BCUT2D eigenvalue weighted by molar-refractivity contribution is 7.89. The molecule has 26 heavy (non-hydrogen) atoms. The number of fused-ring (bicyclic) bond motifs is 1. The normalized spacial score (nSPS) is 25.2. The van der Waals surface area contributed by atoms with Gasteiger partial charge in [0, 0.05) is 19.6 Å². The number of aliphatic carboxylic acids is 1. The number of carbonyl (C=O) groups excluding carboxylic acids is 1. The largest absolute Gasteiger partial charge is 0.481 e. The molecule has 4 N–H and O–H groups in total. The number of aryl methyl sites for hydroxylation is 1. The third-order valence-electron chi connectivity index (χ3n) is 5.57. The zero-order valence-electron chi connectivity index (χ0n) is 14.6. The lowest BCUT2D eigenvalue weighted by Crippen LogP contribution is -2.41. The predicted octanol–water partition coefficient (Wildman–Crippen LogP) is 1.04. The summed E-state index contributed by atoms with van der Waals surface area (Å²) in [5, 5.41) is 17.5. The summed E-state index contributed by atoms with van der Waals surface area (Å²) in [6, 6.07) is 4.39. The average Bonchev–Trinajstić information content (AvgIpc) is 3.09. The van der Waals surface area contributed by atoms with E-state index in [4.69, 9.17) is 5.14 Å². The number of benzene rings is 1. The average molecular weight is 381 g/mol. The van der Waals surface area contributed by atoms with Crippen LogP contribution in [-0.2, 0) is 21.4 Å². The number of rotatable bonds is 4. The third-order valence-corrected chi connectivity index (χ3v) is 6.64. The Morgan fingerprint density at radius 3 is 2.73 bits per heavy atom. The van der Waals surface area contributed by atoms with Gasteiger partial charge in [-0.3, -0.25) is 4.79 Å². The number of primary sulfonamides is 1. The molecular weight excluding hydrogens is 358 g/mol. The van der Waals surface area contributed by atoms with E-state index in [1.165, 1.54) is 6.07 Å². The van der Waals surface area contributed by atoms with Crippen LogP contribution in [0.15, 0.2) is 23.1 Å². The molecule has 8 nitrogen and oxygen atoms in total. The first-order valence-corrected chi connectivity index (χ1v) is 10.1. The summed E-state index contributed by atoms with van der Waals surface area (Å²) in [6.07, 6.45) is 2.34. The number of hydrogen-bond donors (Lipinski definition) is 3. The van der Waals surface area contributed by atoms with Gasteiger partial charge in [0.25, 0.3) is 0 Å². The molecule has 2 amide bonds. The summed E-state index contributed by atoms with van der Waals surface area (Å²) in [6.45, 7) is 2.57. The molecule has 0 aromatic heterocycles. The molecule has 2 fully saturated rings. The number of nitrogens with one attached hydrogen (secondary N) is 1. The van der Waals surface area contributed by atoms with Crippen LogP contribution >= 0.6 is 0 Å². The summed E-state index contributed by atoms with van der Waals surface area (Å²) in [5.41, 5.74) is 0.459. The molecule has 1 saturated carbocycles. The molecule has 1 saturated heterocycles. The van der Waals surface area contributed by atoms with Gasteiger partial charge >= 0.3 is 12.0 Å². The van der Waals surface area contributed by atoms with Crippen molar-refractivity contribution in [3.8, 4) is 0 Å². The van der Waals surface area contributed by atoms with Crippen LogP contribution in [0.1, 0.15) is 30.4 Å². The van der Waals surface area contributed by atoms with Crippen LogP contribution in [0.4, 0.5) is 4.79 Å². The number of nitrogens with two attached hydrogens (primary N) is 1. The molecule has 1 aliphatic heterocycles. The Labute approximate surface area is 152 Å². The number of hydrogen-bond acceptors (Lipinski definition) is 4. The molecule has 1 heterocycles. The third kappa shape index (κ3) is 3.28. The second kappa shape index (κ2) is 6.55. The molecule has 0 bridgehead atoms. The predicted molar refractivity (Wildman–Crippen MR) is 93.8 cm³/mol. The van der Waals surface area contributed by atoms with Crippen LogP contribution in [0.25, 0.3) is 0 Å². The lowest BCUT2D eigenvalue weighted by atomic mass is 9.81. The Hall–Kier alpha value is -2.13. The van der Waals surface area contributed by atoms with E-state index in [-0.39, 0.29) is 29.9 Å². The highest BCUT2D eigenvalue weighted by Crippen LogP contribution is 2.48. The first-order valence-electron chi connectivity index (χ1n) is 8.52. The first-order chi connectivity index (χ1) is 12.1. The minimum Gasteiger partial charge on any atom is -0.481 e. The molecule has 9 heteroatoms. The van der Waals surface area contributed by atoms with Crippen LogP contribution in [0, 0.1) is 18.3 Å². The number of carboxylic acids is 1. The molecule has 2 atom stereocenters. The van der Waals surface area contributed by atoms with Gasteiger partial charge in [-0.15, -0.1) is 0 Å². The number of urea groups is 1. The topological polar surface area (TPSA) is 130 Å². The van der Waals surface area contributed by atoms with Gasteiger partial charge in [0.05, 0.1) is 10.3 Å². The lowest BCUT2D eigenvalue weighted by Gasteiger charge is -2.23. The SMILES string of the molecule is Cc1cc(CNC(=O)N2C[C@@H]3CCC[C@@]3(C(=O)O)C2)ccc1S(N)(=O)=O. The standard InChI is InChI=1S/C17H23N3O5S/c1-11-7-12(4-5-14(11)26(18,24)25)8-19-16(23)20-9-13-3-2-6-17(13,10-20)15(21)22/h4-5,7,13H,2-3,6,8-10H2,1H3,(H,19,23)(H,21,22)(H2,18,24,25)/t13-,17+/m0/s1. The van der Waals surface area contributed by atoms with Gasteiger partial charge in [0.2, 0.25) is 10.0 Å². The zero-order chi connectivity index (χ0) is 19.1. The molecule has 2 aliphatic rings. The number of carboxylic acid groups (broad SMARTS) is 1. The highest BCUT2D eigenvalue weighted by atomic mass is 32.2. The van der Waals surface area contributed by atoms with E-state index in [1.807, 2.05) is 0 Å². The van der Waals surface area contributed by atoms with Crippen molar-refractivity contribution in [1.82, 2.24) is 10.2 Å². The van der Waals surface area contributed by atoms with Crippen LogP contribution < -0.4 is 10.5 Å². The van der Waals surface area contributed by atoms with Gasteiger partial charge in [-0.05, 0) is 42.9 Å². The summed E-state index contributed by atoms with van der Waals surface area (Å²) in [4.78, 5) is 25.7. The molecule has 0 unspecified atom stereocenters. The maximum Gasteiger partial charge on any atom is 0.317 e. The number of likely N-dealkylation sites (tertiary alicyclic amines) is 1. The maximum absolute atomic E-state index is 12.4. The van der Waals surface area contributed by atoms with E-state index < -0.39 is 21.4 Å². The maximum atomic E-state index is 12.4. The first kappa shape index (κ1) is 18.7. The minimum atomic E-state index is -3.77. The summed E-state index contributed by atoms with van der Waals surface area (Å²) in [5.74, 6) is -0.799. The quantitative estimate of drug-likeness (QED) is 0.717. The molecule has 0 spiro atoms. The van der Waals surface area contributed by atoms with Crippen molar-refractivity contribution in [1.29, 1.82) is 0 Å². The van der Waals surface area contributed by atoms with E-state index in [1.54, 1.807) is 24.0 Å². The molecule has 1 aromatic rings. The van der Waals surface area contributed by atoms with Gasteiger partial charge in [-0.25, -0.2) is 18.4 Å². The van der Waals surface area contributed by atoms with Gasteiger partial charge in [0.1, 0.15) is 0 Å². The smallest absolute Gasteiger partial charge is 0.317 e. The van der Waals surface area contributed by atoms with Crippen LogP contribution in [-0.4, -0.2) is 43.5 Å². The Morgan fingerprint density at radius 1 is 1.42 bits per heavy atom. The lowest BCUT2D eigenvalue weighted by molar-refractivity contribution is -0.149. The van der Waals surface area contributed by atoms with E-state index in [0.717, 1.165) is 18.4 Å². The fraction of sp³-hybridized carbons (Fsp3) is 0.529.